The van der Waals surface area contributed by atoms with E-state index < -0.39 is 0 Å². The van der Waals surface area contributed by atoms with E-state index in [0.29, 0.717) is 17.2 Å². The molecule has 0 fully saturated rings. The lowest BCUT2D eigenvalue weighted by atomic mass is 10.2. The molecule has 0 saturated heterocycles. The fourth-order valence-corrected chi connectivity index (χ4v) is 1.69. The Morgan fingerprint density at radius 3 is 2.78 bits per heavy atom. The Hall–Kier alpha value is -2.63. The third kappa shape index (κ3) is 1.84. The van der Waals surface area contributed by atoms with E-state index in [0.717, 1.165) is 0 Å². The maximum absolute atomic E-state index is 12.0. The van der Waals surface area contributed by atoms with Gasteiger partial charge in [0.1, 0.15) is 18.5 Å². The molecule has 1 atom stereocenters. The molecular formula is C12H9N5O. The van der Waals surface area contributed by atoms with Gasteiger partial charge in [0.2, 0.25) is 0 Å². The zero-order valence-corrected chi connectivity index (χ0v) is 9.32. The second-order valence-corrected chi connectivity index (χ2v) is 3.73. The number of nitrogens with one attached hydrogen (secondary N) is 1. The quantitative estimate of drug-likeness (QED) is 0.767. The minimum atomic E-state index is -0.386. The molecule has 2 aliphatic heterocycles. The van der Waals surface area contributed by atoms with Gasteiger partial charge in [0, 0.05) is 5.56 Å². The highest BCUT2D eigenvalue weighted by atomic mass is 16.1. The lowest BCUT2D eigenvalue weighted by molar-refractivity contribution is 0.0976. The summed E-state index contributed by atoms with van der Waals surface area (Å²) in [4.78, 5) is 28.1. The molecule has 6 heteroatoms. The zero-order chi connectivity index (χ0) is 12.4. The number of carbonyl (C=O) groups excluding carboxylic acids is 1. The molecule has 1 unspecified atom stereocenters. The highest BCUT2D eigenvalue weighted by molar-refractivity contribution is 6.23. The maximum atomic E-state index is 12.0. The number of benzene rings is 1. The maximum Gasteiger partial charge on any atom is 0.256 e. The van der Waals surface area contributed by atoms with E-state index in [2.05, 4.69) is 25.3 Å². The van der Waals surface area contributed by atoms with Crippen molar-refractivity contribution in [1.29, 1.82) is 0 Å². The van der Waals surface area contributed by atoms with Gasteiger partial charge < -0.3 is 5.32 Å². The van der Waals surface area contributed by atoms with Gasteiger partial charge in [0.05, 0.1) is 0 Å². The third-order valence-electron chi connectivity index (χ3n) is 2.57. The molecule has 0 spiro atoms. The molecule has 1 aromatic carbocycles. The minimum absolute atomic E-state index is 0.217. The number of aliphatic imine (C=N–C) groups is 4. The second-order valence-electron chi connectivity index (χ2n) is 3.73. The molecule has 0 bridgehead atoms. The Balaban J connectivity index is 1.80. The third-order valence-corrected chi connectivity index (χ3v) is 2.57. The highest BCUT2D eigenvalue weighted by Gasteiger charge is 2.27. The van der Waals surface area contributed by atoms with Crippen molar-refractivity contribution >= 4 is 30.3 Å². The largest absolute Gasteiger partial charge is 0.308 e. The number of hydrogen-bond donors (Lipinski definition) is 1. The van der Waals surface area contributed by atoms with Crippen LogP contribution in [0.3, 0.4) is 0 Å². The average molecular weight is 239 g/mol. The van der Waals surface area contributed by atoms with E-state index in [1.807, 2.05) is 6.07 Å². The van der Waals surface area contributed by atoms with Gasteiger partial charge in [-0.3, -0.25) is 9.79 Å². The summed E-state index contributed by atoms with van der Waals surface area (Å²) in [5.74, 6) is 0.783. The minimum Gasteiger partial charge on any atom is -0.308 e. The summed E-state index contributed by atoms with van der Waals surface area (Å²) in [5.41, 5.74) is 0.572. The molecule has 18 heavy (non-hydrogen) atoms. The fourth-order valence-electron chi connectivity index (χ4n) is 1.69. The molecule has 3 rings (SSSR count). The molecule has 88 valence electrons. The standard InChI is InChI=1S/C12H9N5O/c18-12(8-4-2-1-3-5-8)17-11-9-10(14-6-13-9)15-7-16-11/h1-7,9H,(H,13,14,15,16,17,18). The van der Waals surface area contributed by atoms with E-state index >= 15 is 0 Å². The monoisotopic (exact) mass is 239 g/mol. The molecule has 2 aliphatic rings. The van der Waals surface area contributed by atoms with E-state index in [4.69, 9.17) is 0 Å². The number of rotatable bonds is 1. The van der Waals surface area contributed by atoms with Gasteiger partial charge >= 0.3 is 0 Å². The van der Waals surface area contributed by atoms with Gasteiger partial charge in [0.15, 0.2) is 11.9 Å². The summed E-state index contributed by atoms with van der Waals surface area (Å²) < 4.78 is 0. The van der Waals surface area contributed by atoms with Crippen molar-refractivity contribution < 1.29 is 4.79 Å². The van der Waals surface area contributed by atoms with Crippen LogP contribution in [0.2, 0.25) is 0 Å². The highest BCUT2D eigenvalue weighted by Crippen LogP contribution is 2.08. The van der Waals surface area contributed by atoms with Crippen molar-refractivity contribution in [3.8, 4) is 0 Å². The van der Waals surface area contributed by atoms with Crippen LogP contribution in [0.15, 0.2) is 50.3 Å². The summed E-state index contributed by atoms with van der Waals surface area (Å²) >= 11 is 0. The molecule has 1 N–H and O–H groups in total. The van der Waals surface area contributed by atoms with Crippen molar-refractivity contribution in [2.45, 2.75) is 6.04 Å². The summed E-state index contributed by atoms with van der Waals surface area (Å²) in [7, 11) is 0. The number of nitrogens with zero attached hydrogens (tertiary/aromatic N) is 4. The first-order chi connectivity index (χ1) is 8.84. The van der Waals surface area contributed by atoms with E-state index in [9.17, 15) is 4.79 Å². The Morgan fingerprint density at radius 2 is 1.94 bits per heavy atom. The fraction of sp³-hybridized carbons (Fsp3) is 0.0833. The first-order valence-corrected chi connectivity index (χ1v) is 5.40. The summed E-state index contributed by atoms with van der Waals surface area (Å²) in [6.07, 6.45) is 2.79. The number of amides is 1. The summed E-state index contributed by atoms with van der Waals surface area (Å²) in [5, 5.41) is 2.73. The molecule has 0 aromatic heterocycles. The van der Waals surface area contributed by atoms with Gasteiger partial charge in [-0.15, -0.1) is 0 Å². The summed E-state index contributed by atoms with van der Waals surface area (Å²) in [6.45, 7) is 0. The van der Waals surface area contributed by atoms with Crippen LogP contribution < -0.4 is 5.32 Å². The number of carbonyl (C=O) groups is 1. The first-order valence-electron chi connectivity index (χ1n) is 5.40. The molecule has 1 aromatic rings. The normalized spacial score (nSPS) is 20.1. The van der Waals surface area contributed by atoms with Crippen LogP contribution in [-0.4, -0.2) is 36.3 Å². The van der Waals surface area contributed by atoms with Crippen LogP contribution >= 0.6 is 0 Å². The average Bonchev–Trinajstić information content (AvgIpc) is 2.89. The number of amidine groups is 2. The molecule has 1 amide bonds. The van der Waals surface area contributed by atoms with Gasteiger partial charge in [-0.05, 0) is 12.1 Å². The van der Waals surface area contributed by atoms with Crippen LogP contribution in [0.1, 0.15) is 10.4 Å². The van der Waals surface area contributed by atoms with Crippen LogP contribution in [-0.2, 0) is 0 Å². The van der Waals surface area contributed by atoms with Crippen molar-refractivity contribution in [1.82, 2.24) is 5.32 Å². The SMILES string of the molecule is O=C(NC1=NC=NC2=NC=NC21)c1ccccc1. The van der Waals surface area contributed by atoms with E-state index in [1.165, 1.54) is 12.7 Å². The van der Waals surface area contributed by atoms with Crippen molar-refractivity contribution in [3.63, 3.8) is 0 Å². The Labute approximate surface area is 103 Å². The molecule has 0 aliphatic carbocycles. The Kier molecular flexibility index (Phi) is 2.53. The lowest BCUT2D eigenvalue weighted by Gasteiger charge is -2.14. The topological polar surface area (TPSA) is 78.5 Å². The van der Waals surface area contributed by atoms with Crippen LogP contribution in [0.25, 0.3) is 0 Å². The molecule has 0 radical (unpaired) electrons. The second kappa shape index (κ2) is 4.33. The van der Waals surface area contributed by atoms with Crippen LogP contribution in [0.4, 0.5) is 0 Å². The molecule has 6 nitrogen and oxygen atoms in total. The van der Waals surface area contributed by atoms with Crippen LogP contribution in [0.5, 0.6) is 0 Å². The molecule has 0 saturated carbocycles. The van der Waals surface area contributed by atoms with E-state index in [1.54, 1.807) is 24.3 Å². The first kappa shape index (κ1) is 10.5. The predicted molar refractivity (Wildman–Crippen MR) is 69.6 cm³/mol. The van der Waals surface area contributed by atoms with Gasteiger partial charge in [-0.2, -0.15) is 0 Å². The van der Waals surface area contributed by atoms with Crippen molar-refractivity contribution in [3.05, 3.63) is 35.9 Å². The van der Waals surface area contributed by atoms with Crippen molar-refractivity contribution in [2.75, 3.05) is 0 Å². The van der Waals surface area contributed by atoms with Gasteiger partial charge in [0.25, 0.3) is 5.91 Å². The Morgan fingerprint density at radius 1 is 1.11 bits per heavy atom. The molecule has 2 heterocycles. The summed E-state index contributed by atoms with van der Waals surface area (Å²) in [6, 6.07) is 8.55. The van der Waals surface area contributed by atoms with Gasteiger partial charge in [-0.1, -0.05) is 18.2 Å². The number of hydrogen-bond acceptors (Lipinski definition) is 5. The zero-order valence-electron chi connectivity index (χ0n) is 9.32. The van der Waals surface area contributed by atoms with Crippen LogP contribution in [0, 0.1) is 0 Å². The Bertz CT molecular complexity index is 600. The van der Waals surface area contributed by atoms with Gasteiger partial charge in [-0.25, -0.2) is 15.0 Å². The predicted octanol–water partition coefficient (Wildman–Crippen LogP) is 0.666. The number of fused-ring (bicyclic) bond motifs is 1. The van der Waals surface area contributed by atoms with E-state index in [-0.39, 0.29) is 11.9 Å². The lowest BCUT2D eigenvalue weighted by Crippen LogP contribution is -2.42. The van der Waals surface area contributed by atoms with Crippen molar-refractivity contribution in [2.24, 2.45) is 20.0 Å². The smallest absolute Gasteiger partial charge is 0.256 e. The molecular weight excluding hydrogens is 230 g/mol.